The largest absolute Gasteiger partial charge is 0.480 e. The first-order valence-electron chi connectivity index (χ1n) is 9.21. The van der Waals surface area contributed by atoms with Crippen molar-refractivity contribution in [3.05, 3.63) is 22.5 Å². The molecular formula is C18H26N4O2S. The molecule has 2 heterocycles. The molecule has 0 aliphatic heterocycles. The van der Waals surface area contributed by atoms with Gasteiger partial charge in [0.15, 0.2) is 4.96 Å². The zero-order valence-electron chi connectivity index (χ0n) is 14.9. The van der Waals surface area contributed by atoms with E-state index < -0.39 is 5.97 Å². The van der Waals surface area contributed by atoms with Gasteiger partial charge in [0, 0.05) is 35.6 Å². The normalized spacial score (nSPS) is 23.3. The number of hydrogen-bond donors (Lipinski definition) is 2. The van der Waals surface area contributed by atoms with Crippen molar-refractivity contribution in [2.75, 3.05) is 13.1 Å². The number of aryl methyl sites for hydroxylation is 1. The van der Waals surface area contributed by atoms with Gasteiger partial charge in [-0.1, -0.05) is 6.92 Å². The Morgan fingerprint density at radius 2 is 2.24 bits per heavy atom. The van der Waals surface area contributed by atoms with Crippen LogP contribution in [-0.2, 0) is 11.3 Å². The number of nitrogens with zero attached hydrogens (tertiary/aromatic N) is 3. The van der Waals surface area contributed by atoms with Crippen LogP contribution in [0.25, 0.3) is 4.96 Å². The van der Waals surface area contributed by atoms with Crippen LogP contribution in [0.1, 0.15) is 55.6 Å². The molecule has 2 aliphatic carbocycles. The fraction of sp³-hybridized carbons (Fsp3) is 0.667. The molecule has 0 saturated heterocycles. The van der Waals surface area contributed by atoms with Crippen molar-refractivity contribution >= 4 is 22.3 Å². The van der Waals surface area contributed by atoms with E-state index in [0.717, 1.165) is 42.5 Å². The molecule has 0 atom stereocenters. The molecule has 136 valence electrons. The van der Waals surface area contributed by atoms with E-state index in [1.807, 2.05) is 6.92 Å². The summed E-state index contributed by atoms with van der Waals surface area (Å²) in [5, 5.41) is 14.9. The van der Waals surface area contributed by atoms with Crippen LogP contribution in [0.3, 0.4) is 0 Å². The molecule has 2 aliphatic rings. The lowest BCUT2D eigenvalue weighted by Gasteiger charge is -2.42. The average molecular weight is 362 g/mol. The number of carboxylic acid groups (broad SMARTS) is 1. The Hall–Kier alpha value is -1.44. The Morgan fingerprint density at radius 1 is 1.48 bits per heavy atom. The number of nitrogens with one attached hydrogen (secondary N) is 1. The van der Waals surface area contributed by atoms with Gasteiger partial charge in [0.2, 0.25) is 0 Å². The summed E-state index contributed by atoms with van der Waals surface area (Å²) in [5.74, 6) is -0.0103. The number of rotatable bonds is 8. The van der Waals surface area contributed by atoms with Gasteiger partial charge in [-0.2, -0.15) is 0 Å². The van der Waals surface area contributed by atoms with Crippen LogP contribution >= 0.6 is 11.3 Å². The van der Waals surface area contributed by atoms with Crippen molar-refractivity contribution in [3.8, 4) is 0 Å². The van der Waals surface area contributed by atoms with Crippen LogP contribution in [0.4, 0.5) is 0 Å². The number of aliphatic carboxylic acids is 1. The maximum atomic E-state index is 10.9. The highest BCUT2D eigenvalue weighted by atomic mass is 32.1. The zero-order valence-corrected chi connectivity index (χ0v) is 15.7. The number of carbonyl (C=O) groups is 1. The molecule has 0 radical (unpaired) electrons. The van der Waals surface area contributed by atoms with E-state index >= 15 is 0 Å². The number of fused-ring (bicyclic) bond motifs is 1. The number of likely N-dealkylation sites (N-methyl/N-ethyl adjacent to an activating group) is 1. The van der Waals surface area contributed by atoms with Crippen molar-refractivity contribution in [1.29, 1.82) is 0 Å². The van der Waals surface area contributed by atoms with Crippen molar-refractivity contribution in [2.24, 2.45) is 0 Å². The number of thiazole rings is 1. The van der Waals surface area contributed by atoms with Gasteiger partial charge >= 0.3 is 5.97 Å². The van der Waals surface area contributed by atoms with Gasteiger partial charge in [0.1, 0.15) is 0 Å². The fourth-order valence-electron chi connectivity index (χ4n) is 3.88. The Balaban J connectivity index is 1.37. The highest BCUT2D eigenvalue weighted by Gasteiger charge is 2.34. The van der Waals surface area contributed by atoms with E-state index in [0.29, 0.717) is 12.1 Å². The summed E-state index contributed by atoms with van der Waals surface area (Å²) < 4.78 is 2.36. The standard InChI is InChI=1S/C18H26N4O2S/c1-3-21(9-17(23)24)14-6-13(7-14)19-8-15-11(2)20-18-22(15)16(10-25-18)12-4-5-12/h10,12-14,19H,3-9H2,1-2H3,(H,23,24). The Bertz CT molecular complexity index is 773. The maximum absolute atomic E-state index is 10.9. The summed E-state index contributed by atoms with van der Waals surface area (Å²) in [5.41, 5.74) is 3.85. The molecule has 6 nitrogen and oxygen atoms in total. The van der Waals surface area contributed by atoms with E-state index in [9.17, 15) is 4.79 Å². The first kappa shape index (κ1) is 17.0. The first-order valence-corrected chi connectivity index (χ1v) is 10.1. The monoisotopic (exact) mass is 362 g/mol. The third kappa shape index (κ3) is 3.32. The fourth-order valence-corrected chi connectivity index (χ4v) is 4.91. The molecule has 0 amide bonds. The molecule has 2 N–H and O–H groups in total. The van der Waals surface area contributed by atoms with E-state index in [4.69, 9.17) is 10.1 Å². The highest BCUT2D eigenvalue weighted by Crippen LogP contribution is 2.42. The van der Waals surface area contributed by atoms with Crippen LogP contribution in [0.2, 0.25) is 0 Å². The zero-order chi connectivity index (χ0) is 17.6. The lowest BCUT2D eigenvalue weighted by atomic mass is 9.85. The summed E-state index contributed by atoms with van der Waals surface area (Å²) in [6, 6.07) is 0.870. The van der Waals surface area contributed by atoms with Gasteiger partial charge in [-0.25, -0.2) is 4.98 Å². The number of carboxylic acids is 1. The van der Waals surface area contributed by atoms with Gasteiger partial charge in [-0.15, -0.1) is 11.3 Å². The number of hydrogen-bond acceptors (Lipinski definition) is 5. The predicted molar refractivity (Wildman–Crippen MR) is 98.3 cm³/mol. The van der Waals surface area contributed by atoms with Crippen molar-refractivity contribution < 1.29 is 9.90 Å². The third-order valence-electron chi connectivity index (χ3n) is 5.61. The SMILES string of the molecule is CCN(CC(=O)O)C1CC(NCc2c(C)nc3scc(C4CC4)n23)C1. The van der Waals surface area contributed by atoms with Crippen LogP contribution in [0.15, 0.2) is 5.38 Å². The Kier molecular flexibility index (Phi) is 4.56. The van der Waals surface area contributed by atoms with Crippen LogP contribution in [0.5, 0.6) is 0 Å². The van der Waals surface area contributed by atoms with Gasteiger partial charge in [-0.05, 0) is 39.2 Å². The molecule has 0 unspecified atom stereocenters. The second-order valence-electron chi connectivity index (χ2n) is 7.36. The van der Waals surface area contributed by atoms with Gasteiger partial charge in [0.05, 0.1) is 17.9 Å². The van der Waals surface area contributed by atoms with E-state index in [-0.39, 0.29) is 6.54 Å². The maximum Gasteiger partial charge on any atom is 0.317 e. The topological polar surface area (TPSA) is 69.9 Å². The van der Waals surface area contributed by atoms with Gasteiger partial charge < -0.3 is 10.4 Å². The second-order valence-corrected chi connectivity index (χ2v) is 8.19. The number of imidazole rings is 1. The molecule has 7 heteroatoms. The molecule has 2 aromatic heterocycles. The second kappa shape index (κ2) is 6.70. The summed E-state index contributed by atoms with van der Waals surface area (Å²) in [6.07, 6.45) is 4.66. The summed E-state index contributed by atoms with van der Waals surface area (Å²) >= 11 is 1.75. The lowest BCUT2D eigenvalue weighted by Crippen LogP contribution is -2.53. The predicted octanol–water partition coefficient (Wildman–Crippen LogP) is 2.61. The number of aromatic nitrogens is 2. The van der Waals surface area contributed by atoms with Crippen molar-refractivity contribution in [1.82, 2.24) is 19.6 Å². The van der Waals surface area contributed by atoms with Gasteiger partial charge in [-0.3, -0.25) is 14.1 Å². The van der Waals surface area contributed by atoms with E-state index in [1.165, 1.54) is 24.2 Å². The lowest BCUT2D eigenvalue weighted by molar-refractivity contribution is -0.139. The molecule has 0 spiro atoms. The molecule has 2 aromatic rings. The minimum absolute atomic E-state index is 0.149. The Morgan fingerprint density at radius 3 is 2.88 bits per heavy atom. The molecule has 0 aromatic carbocycles. The summed E-state index contributed by atoms with van der Waals surface area (Å²) in [4.78, 5) is 18.8. The first-order chi connectivity index (χ1) is 12.1. The summed E-state index contributed by atoms with van der Waals surface area (Å²) in [6.45, 7) is 5.92. The van der Waals surface area contributed by atoms with Gasteiger partial charge in [0.25, 0.3) is 0 Å². The van der Waals surface area contributed by atoms with Crippen LogP contribution in [0, 0.1) is 6.92 Å². The van der Waals surface area contributed by atoms with E-state index in [2.05, 4.69) is 26.9 Å². The average Bonchev–Trinajstić information content (AvgIpc) is 3.22. The molecule has 2 saturated carbocycles. The highest BCUT2D eigenvalue weighted by molar-refractivity contribution is 7.15. The third-order valence-corrected chi connectivity index (χ3v) is 6.46. The Labute approximate surface area is 151 Å². The molecule has 0 bridgehead atoms. The summed E-state index contributed by atoms with van der Waals surface area (Å²) in [7, 11) is 0. The smallest absolute Gasteiger partial charge is 0.317 e. The minimum Gasteiger partial charge on any atom is -0.480 e. The van der Waals surface area contributed by atoms with Crippen LogP contribution in [-0.4, -0.2) is 50.5 Å². The quantitative estimate of drug-likeness (QED) is 0.755. The van der Waals surface area contributed by atoms with Crippen molar-refractivity contribution in [3.63, 3.8) is 0 Å². The van der Waals surface area contributed by atoms with E-state index in [1.54, 1.807) is 11.3 Å². The molecule has 4 rings (SSSR count). The van der Waals surface area contributed by atoms with Crippen LogP contribution < -0.4 is 5.32 Å². The molecule has 25 heavy (non-hydrogen) atoms. The van der Waals surface area contributed by atoms with Crippen molar-refractivity contribution in [2.45, 2.75) is 64.1 Å². The molecular weight excluding hydrogens is 336 g/mol. The molecule has 2 fully saturated rings. The minimum atomic E-state index is -0.736.